The van der Waals surface area contributed by atoms with Crippen molar-refractivity contribution in [3.63, 3.8) is 0 Å². The number of ether oxygens (including phenoxy) is 2. The number of urea groups is 1. The highest BCUT2D eigenvalue weighted by atomic mass is 16.7. The highest BCUT2D eigenvalue weighted by molar-refractivity contribution is 6.04. The summed E-state index contributed by atoms with van der Waals surface area (Å²) in [6.45, 7) is 7.55. The number of piperazine rings is 2. The van der Waals surface area contributed by atoms with Gasteiger partial charge < -0.3 is 33.9 Å². The SMILES string of the molecule is C#CCOc1ccc(N2CCN(C(=O)ON3C(=O)C4CN(C(=O)OC(C)(C)C)CCN4C3=O)CC2)cc1. The first-order valence-corrected chi connectivity index (χ1v) is 12.1. The van der Waals surface area contributed by atoms with Crippen LogP contribution < -0.4 is 9.64 Å². The van der Waals surface area contributed by atoms with Gasteiger partial charge >= 0.3 is 18.2 Å². The van der Waals surface area contributed by atoms with Crippen molar-refractivity contribution in [2.24, 2.45) is 0 Å². The summed E-state index contributed by atoms with van der Waals surface area (Å²) in [5.41, 5.74) is 0.285. The van der Waals surface area contributed by atoms with Gasteiger partial charge in [-0.2, -0.15) is 0 Å². The van der Waals surface area contributed by atoms with Crippen molar-refractivity contribution in [2.45, 2.75) is 32.4 Å². The van der Waals surface area contributed by atoms with Crippen LogP contribution in [0.5, 0.6) is 5.75 Å². The number of fused-ring (bicyclic) bond motifs is 1. The molecule has 3 heterocycles. The molecule has 0 bridgehead atoms. The average molecular weight is 514 g/mol. The van der Waals surface area contributed by atoms with Crippen molar-refractivity contribution in [3.05, 3.63) is 24.3 Å². The summed E-state index contributed by atoms with van der Waals surface area (Å²) in [5, 5.41) is 0.507. The van der Waals surface area contributed by atoms with Gasteiger partial charge in [-0.1, -0.05) is 11.0 Å². The van der Waals surface area contributed by atoms with E-state index in [1.54, 1.807) is 20.8 Å². The van der Waals surface area contributed by atoms with Crippen molar-refractivity contribution >= 4 is 29.8 Å². The molecule has 3 aliphatic heterocycles. The van der Waals surface area contributed by atoms with E-state index in [0.29, 0.717) is 37.0 Å². The maximum Gasteiger partial charge on any atom is 0.434 e. The predicted molar refractivity (Wildman–Crippen MR) is 132 cm³/mol. The van der Waals surface area contributed by atoms with Gasteiger partial charge in [0.05, 0.1) is 6.54 Å². The summed E-state index contributed by atoms with van der Waals surface area (Å²) in [6.07, 6.45) is 3.87. The second kappa shape index (κ2) is 10.5. The lowest BCUT2D eigenvalue weighted by atomic mass is 10.2. The van der Waals surface area contributed by atoms with Gasteiger partial charge in [-0.3, -0.25) is 4.79 Å². The summed E-state index contributed by atoms with van der Waals surface area (Å²) in [6, 6.07) is 5.85. The number of terminal acetylenes is 1. The molecule has 12 nitrogen and oxygen atoms in total. The fourth-order valence-corrected chi connectivity index (χ4v) is 4.31. The van der Waals surface area contributed by atoms with Gasteiger partial charge in [0, 0.05) is 45.0 Å². The zero-order valence-electron chi connectivity index (χ0n) is 21.2. The Bertz CT molecular complexity index is 1090. The van der Waals surface area contributed by atoms with Crippen LogP contribution in [-0.4, -0.2) is 108 Å². The maximum atomic E-state index is 12.9. The lowest BCUT2D eigenvalue weighted by molar-refractivity contribution is -0.152. The van der Waals surface area contributed by atoms with Crippen molar-refractivity contribution in [1.29, 1.82) is 0 Å². The number of carbonyl (C=O) groups excluding carboxylic acids is 4. The van der Waals surface area contributed by atoms with Crippen LogP contribution in [0.4, 0.5) is 20.1 Å². The van der Waals surface area contributed by atoms with Crippen LogP contribution in [0.1, 0.15) is 20.8 Å². The smallest absolute Gasteiger partial charge is 0.434 e. The summed E-state index contributed by atoms with van der Waals surface area (Å²) in [5.74, 6) is 2.41. The Balaban J connectivity index is 1.29. The second-order valence-corrected chi connectivity index (χ2v) is 9.87. The minimum Gasteiger partial charge on any atom is -0.481 e. The first-order valence-electron chi connectivity index (χ1n) is 12.1. The number of imide groups is 1. The van der Waals surface area contributed by atoms with E-state index in [-0.39, 0.29) is 26.2 Å². The van der Waals surface area contributed by atoms with Gasteiger partial charge in [0.2, 0.25) is 0 Å². The molecule has 37 heavy (non-hydrogen) atoms. The van der Waals surface area contributed by atoms with Crippen molar-refractivity contribution in [2.75, 3.05) is 57.3 Å². The van der Waals surface area contributed by atoms with Gasteiger partial charge in [0.15, 0.2) is 0 Å². The maximum absolute atomic E-state index is 12.9. The number of hydrogen-bond acceptors (Lipinski definition) is 8. The molecule has 0 radical (unpaired) electrons. The highest BCUT2D eigenvalue weighted by Crippen LogP contribution is 2.25. The normalized spacial score (nSPS) is 19.9. The van der Waals surface area contributed by atoms with Crippen LogP contribution in [0, 0.1) is 12.3 Å². The molecule has 3 fully saturated rings. The topological polar surface area (TPSA) is 112 Å². The van der Waals surface area contributed by atoms with E-state index < -0.39 is 35.8 Å². The zero-order chi connectivity index (χ0) is 26.7. The molecule has 1 atom stereocenters. The van der Waals surface area contributed by atoms with Gasteiger partial charge in [0.1, 0.15) is 24.0 Å². The first-order chi connectivity index (χ1) is 17.6. The number of carbonyl (C=O) groups is 4. The zero-order valence-corrected chi connectivity index (χ0v) is 21.2. The molecule has 1 aromatic carbocycles. The molecule has 0 aliphatic carbocycles. The van der Waals surface area contributed by atoms with Crippen LogP contribution in [0.2, 0.25) is 0 Å². The largest absolute Gasteiger partial charge is 0.481 e. The Morgan fingerprint density at radius 1 is 0.973 bits per heavy atom. The Morgan fingerprint density at radius 2 is 1.62 bits per heavy atom. The van der Waals surface area contributed by atoms with Gasteiger partial charge in [-0.05, 0) is 45.0 Å². The van der Waals surface area contributed by atoms with Crippen LogP contribution in [-0.2, 0) is 14.4 Å². The number of anilines is 1. The summed E-state index contributed by atoms with van der Waals surface area (Å²) >= 11 is 0. The van der Waals surface area contributed by atoms with Crippen LogP contribution in [0.3, 0.4) is 0 Å². The molecule has 4 rings (SSSR count). The predicted octanol–water partition coefficient (Wildman–Crippen LogP) is 1.76. The van der Waals surface area contributed by atoms with E-state index in [9.17, 15) is 19.2 Å². The minimum absolute atomic E-state index is 0.0290. The van der Waals surface area contributed by atoms with E-state index in [1.807, 2.05) is 24.3 Å². The lowest BCUT2D eigenvalue weighted by Crippen LogP contribution is -2.55. The van der Waals surface area contributed by atoms with Crippen LogP contribution in [0.15, 0.2) is 24.3 Å². The molecule has 12 heteroatoms. The Morgan fingerprint density at radius 3 is 2.24 bits per heavy atom. The van der Waals surface area contributed by atoms with E-state index in [0.717, 1.165) is 5.69 Å². The molecule has 0 spiro atoms. The monoisotopic (exact) mass is 513 g/mol. The van der Waals surface area contributed by atoms with E-state index in [2.05, 4.69) is 10.8 Å². The number of hydrogen-bond donors (Lipinski definition) is 0. The molecular weight excluding hydrogens is 482 g/mol. The Hall–Kier alpha value is -4.14. The molecule has 0 saturated carbocycles. The van der Waals surface area contributed by atoms with Gasteiger partial charge in [-0.15, -0.1) is 6.42 Å². The van der Waals surface area contributed by atoms with Crippen LogP contribution >= 0.6 is 0 Å². The number of amides is 5. The third-order valence-electron chi connectivity index (χ3n) is 6.17. The Kier molecular flexibility index (Phi) is 7.33. The number of benzene rings is 1. The van der Waals surface area contributed by atoms with E-state index >= 15 is 0 Å². The van der Waals surface area contributed by atoms with Crippen molar-refractivity contribution in [1.82, 2.24) is 19.8 Å². The first kappa shape index (κ1) is 25.9. The lowest BCUT2D eigenvalue weighted by Gasteiger charge is -2.35. The average Bonchev–Trinajstić information content (AvgIpc) is 3.11. The number of rotatable bonds is 4. The standard InChI is InChI=1S/C25H31N5O7/c1-5-16-35-19-8-6-18(7-9-19)26-10-12-27(13-11-26)24(34)37-30-21(31)20-17-28(14-15-29(20)22(30)32)23(33)36-25(2,3)4/h1,6-9,20H,10-17H2,2-4H3. The molecule has 5 amide bonds. The van der Waals surface area contributed by atoms with Gasteiger partial charge in [-0.25, -0.2) is 14.4 Å². The fraction of sp³-hybridized carbons (Fsp3) is 0.520. The summed E-state index contributed by atoms with van der Waals surface area (Å²) in [7, 11) is 0. The summed E-state index contributed by atoms with van der Waals surface area (Å²) in [4.78, 5) is 62.3. The molecule has 1 aromatic rings. The molecule has 198 valence electrons. The molecule has 3 saturated heterocycles. The van der Waals surface area contributed by atoms with Gasteiger partial charge in [0.25, 0.3) is 5.91 Å². The number of hydroxylamine groups is 2. The van der Waals surface area contributed by atoms with Crippen LogP contribution in [0.25, 0.3) is 0 Å². The molecule has 0 aromatic heterocycles. The van der Waals surface area contributed by atoms with E-state index in [1.165, 1.54) is 14.7 Å². The number of nitrogens with zero attached hydrogens (tertiary/aromatic N) is 5. The second-order valence-electron chi connectivity index (χ2n) is 9.87. The molecular formula is C25H31N5O7. The third kappa shape index (κ3) is 5.82. The minimum atomic E-state index is -0.925. The summed E-state index contributed by atoms with van der Waals surface area (Å²) < 4.78 is 10.8. The quantitative estimate of drug-likeness (QED) is 0.442. The van der Waals surface area contributed by atoms with Crippen molar-refractivity contribution < 1.29 is 33.5 Å². The third-order valence-corrected chi connectivity index (χ3v) is 6.17. The Labute approximate surface area is 215 Å². The van der Waals surface area contributed by atoms with E-state index in [4.69, 9.17) is 20.7 Å². The highest BCUT2D eigenvalue weighted by Gasteiger charge is 2.51. The molecule has 1 unspecified atom stereocenters. The fourth-order valence-electron chi connectivity index (χ4n) is 4.31. The molecule has 0 N–H and O–H groups in total. The molecule has 3 aliphatic rings. The van der Waals surface area contributed by atoms with Crippen molar-refractivity contribution in [3.8, 4) is 18.1 Å².